The minimum Gasteiger partial charge on any atom is -0.508 e. The zero-order chi connectivity index (χ0) is 37.8. The number of phenolic OH excluding ortho intramolecular Hbond substituents is 1. The molecule has 0 saturated heterocycles. The van der Waals surface area contributed by atoms with E-state index in [9.17, 15) is 14.7 Å². The Balaban J connectivity index is 0.000000993. The average Bonchev–Trinajstić information content (AvgIpc) is 2.93. The van der Waals surface area contributed by atoms with E-state index in [0.717, 1.165) is 5.56 Å². The number of phenols is 1. The lowest BCUT2D eigenvalue weighted by Crippen LogP contribution is -2.39. The molecule has 0 saturated carbocycles. The lowest BCUT2D eigenvalue weighted by Gasteiger charge is -2.32. The van der Waals surface area contributed by atoms with Gasteiger partial charge in [0.25, 0.3) is 0 Å². The van der Waals surface area contributed by atoms with Gasteiger partial charge in [0.2, 0.25) is 0 Å². The highest BCUT2D eigenvalue weighted by Gasteiger charge is 2.29. The average molecular weight is 490 g/mol. The van der Waals surface area contributed by atoms with Crippen LogP contribution in [-0.4, -0.2) is 73.2 Å². The molecule has 188 valence electrons. The van der Waals surface area contributed by atoms with E-state index in [1.165, 1.54) is 6.07 Å². The molecule has 0 aliphatic heterocycles. The number of aryl methyl sites for hydroxylation is 1. The van der Waals surface area contributed by atoms with Crippen molar-refractivity contribution < 1.29 is 54.3 Å². The minimum atomic E-state index is -3.78. The minimum absolute atomic E-state index is 0.0250. The van der Waals surface area contributed by atoms with E-state index >= 15 is 0 Å². The molecule has 2 rings (SSSR count). The Morgan fingerprint density at radius 1 is 0.941 bits per heavy atom. The molecule has 2 aromatic rings. The number of carboxylic acid groups (broad SMARTS) is 2. The molecule has 0 bridgehead atoms. The number of hydrogen-bond donors (Lipinski definition) is 5. The molecule has 0 aliphatic carbocycles. The Kier molecular flexibility index (Phi) is 5.57. The fourth-order valence-corrected chi connectivity index (χ4v) is 3.00. The molecule has 8 heteroatoms. The van der Waals surface area contributed by atoms with E-state index in [4.69, 9.17) is 39.6 Å². The van der Waals surface area contributed by atoms with Crippen LogP contribution >= 0.6 is 0 Å². The number of aliphatic hydroxyl groups excluding tert-OH is 2. The first kappa shape index (κ1) is 13.8. The zero-order valence-electron chi connectivity index (χ0n) is 32.3. The molecule has 3 atom stereocenters. The van der Waals surface area contributed by atoms with Gasteiger partial charge in [0.05, 0.1) is 0 Å². The predicted molar refractivity (Wildman–Crippen MR) is 130 cm³/mol. The summed E-state index contributed by atoms with van der Waals surface area (Å²) < 4.78 is 112. The van der Waals surface area contributed by atoms with Gasteiger partial charge in [-0.1, -0.05) is 48.0 Å². The summed E-state index contributed by atoms with van der Waals surface area (Å²) in [6, 6.07) is 5.61. The van der Waals surface area contributed by atoms with Crippen molar-refractivity contribution in [1.29, 1.82) is 0 Å². The number of nitrogens with zero attached hydrogens (tertiary/aromatic N) is 1. The molecule has 0 amide bonds. The van der Waals surface area contributed by atoms with Gasteiger partial charge in [0, 0.05) is 42.7 Å². The van der Waals surface area contributed by atoms with Crippen LogP contribution in [-0.2, 0) is 9.59 Å². The van der Waals surface area contributed by atoms with Gasteiger partial charge in [-0.25, -0.2) is 9.59 Å². The third-order valence-electron chi connectivity index (χ3n) is 4.75. The topological polar surface area (TPSA) is 139 Å². The highest BCUT2D eigenvalue weighted by molar-refractivity contribution is 5.83. The smallest absolute Gasteiger partial charge is 0.335 e. The van der Waals surface area contributed by atoms with Crippen molar-refractivity contribution in [2.75, 3.05) is 6.54 Å². The fraction of sp³-hybridized carbons (Fsp3) is 0.462. The second-order valence-corrected chi connectivity index (χ2v) is 7.23. The number of benzene rings is 2. The Morgan fingerprint density at radius 3 is 1.94 bits per heavy atom. The number of hydrogen-bond acceptors (Lipinski definition) is 6. The largest absolute Gasteiger partial charge is 0.508 e. The predicted octanol–water partition coefficient (Wildman–Crippen LogP) is 3.22. The standard InChI is InChI=1S/C22H31NO.C4H6O6/c1-16(2)23(17(3)4)14-13-20(19-9-7-6-8-10-19)21-15-18(5)11-12-22(21)24;5-1(3(7)8)2(6)4(9)10/h6-12,15-17,20,24H,13-14H2,1-5H3;1-2,5-6H,(H,7,8)(H,9,10)/i1D3,2D3,3D3,4D3,16D,17D;. The van der Waals surface area contributed by atoms with Gasteiger partial charge >= 0.3 is 11.9 Å². The first-order valence-corrected chi connectivity index (χ1v) is 9.90. The summed E-state index contributed by atoms with van der Waals surface area (Å²) in [5.41, 5.74) is 1.66. The van der Waals surface area contributed by atoms with E-state index in [1.807, 2.05) is 0 Å². The molecule has 2 aromatic carbocycles. The molecule has 0 fully saturated rings. The van der Waals surface area contributed by atoms with Crippen LogP contribution in [0.1, 0.15) is 75.6 Å². The molecule has 8 nitrogen and oxygen atoms in total. The van der Waals surface area contributed by atoms with Gasteiger partial charge in [0.1, 0.15) is 5.75 Å². The molecule has 0 aromatic heterocycles. The summed E-state index contributed by atoms with van der Waals surface area (Å²) in [6.45, 7) is -14.1. The molecule has 3 unspecified atom stereocenters. The number of aliphatic hydroxyl groups is 2. The summed E-state index contributed by atoms with van der Waals surface area (Å²) >= 11 is 0. The maximum Gasteiger partial charge on any atom is 0.335 e. The van der Waals surface area contributed by atoms with Gasteiger partial charge in [-0.15, -0.1) is 0 Å². The summed E-state index contributed by atoms with van der Waals surface area (Å²) in [5, 5.41) is 43.1. The third-order valence-corrected chi connectivity index (χ3v) is 4.75. The summed E-state index contributed by atoms with van der Waals surface area (Å²) in [6.07, 6.45) is -4.85. The van der Waals surface area contributed by atoms with E-state index in [1.54, 1.807) is 49.4 Å². The normalized spacial score (nSPS) is 22.0. The highest BCUT2D eigenvalue weighted by Crippen LogP contribution is 2.35. The molecule has 0 radical (unpaired) electrons. The van der Waals surface area contributed by atoms with Crippen LogP contribution in [0.15, 0.2) is 48.5 Å². The zero-order valence-corrected chi connectivity index (χ0v) is 18.3. The monoisotopic (exact) mass is 489 g/mol. The van der Waals surface area contributed by atoms with Crippen molar-refractivity contribution in [2.24, 2.45) is 0 Å². The van der Waals surface area contributed by atoms with Crippen molar-refractivity contribution in [2.45, 2.75) is 70.9 Å². The van der Waals surface area contributed by atoms with Gasteiger partial charge in [-0.05, 0) is 58.9 Å². The van der Waals surface area contributed by atoms with Crippen molar-refractivity contribution in [3.05, 3.63) is 65.2 Å². The van der Waals surface area contributed by atoms with E-state index in [0.29, 0.717) is 11.1 Å². The Labute approximate surface area is 220 Å². The quantitative estimate of drug-likeness (QED) is 0.343. The van der Waals surface area contributed by atoms with Gasteiger partial charge in [0.15, 0.2) is 12.2 Å². The molecule has 0 aliphatic rings. The maximum absolute atomic E-state index is 10.6. The van der Waals surface area contributed by atoms with Gasteiger partial charge in [-0.3, -0.25) is 4.90 Å². The van der Waals surface area contributed by atoms with Crippen molar-refractivity contribution in [1.82, 2.24) is 4.90 Å². The lowest BCUT2D eigenvalue weighted by atomic mass is 9.87. The Bertz CT molecular complexity index is 1310. The van der Waals surface area contributed by atoms with Crippen LogP contribution < -0.4 is 0 Å². The van der Waals surface area contributed by atoms with Crippen LogP contribution in [0.2, 0.25) is 0 Å². The maximum atomic E-state index is 10.6. The summed E-state index contributed by atoms with van der Waals surface area (Å²) in [4.78, 5) is 19.5. The second-order valence-electron chi connectivity index (χ2n) is 7.23. The van der Waals surface area contributed by atoms with Crippen LogP contribution in [0.3, 0.4) is 0 Å². The Morgan fingerprint density at radius 2 is 1.47 bits per heavy atom. The fourth-order valence-electron chi connectivity index (χ4n) is 3.00. The van der Waals surface area contributed by atoms with E-state index < -0.39 is 76.1 Å². The number of aliphatic carboxylic acids is 2. The van der Waals surface area contributed by atoms with Crippen molar-refractivity contribution >= 4 is 11.9 Å². The van der Waals surface area contributed by atoms with E-state index in [-0.39, 0.29) is 17.1 Å². The van der Waals surface area contributed by atoms with Crippen molar-refractivity contribution in [3.63, 3.8) is 0 Å². The molecule has 34 heavy (non-hydrogen) atoms. The number of carbonyl (C=O) groups is 2. The SMILES string of the molecule is O=C(O)C(O)C(O)C(=O)O.[2H]C([2H])([2H])C([2H])(N(CCC(c1ccccc1)c1cc(C)ccc1O)C([2H])(C([2H])([2H])[2H])C([2H])([2H])[2H])C([2H])([2H])[2H]. The summed E-state index contributed by atoms with van der Waals surface area (Å²) in [7, 11) is 0. The van der Waals surface area contributed by atoms with Crippen molar-refractivity contribution in [3.8, 4) is 5.75 Å². The van der Waals surface area contributed by atoms with E-state index in [2.05, 4.69) is 0 Å². The molecule has 0 heterocycles. The molecule has 0 spiro atoms. The van der Waals surface area contributed by atoms with Gasteiger partial charge in [-0.2, -0.15) is 0 Å². The van der Waals surface area contributed by atoms with Crippen LogP contribution in [0, 0.1) is 6.92 Å². The second kappa shape index (κ2) is 13.7. The van der Waals surface area contributed by atoms with Gasteiger partial charge < -0.3 is 25.5 Å². The molecular weight excluding hydrogens is 438 g/mol. The first-order valence-electron chi connectivity index (χ1n) is 16.9. The Hall–Kier alpha value is -2.94. The number of carboxylic acids is 2. The number of rotatable bonds is 10. The lowest BCUT2D eigenvalue weighted by molar-refractivity contribution is -0.165. The number of aromatic hydroxyl groups is 1. The molecule has 5 N–H and O–H groups in total. The summed E-state index contributed by atoms with van der Waals surface area (Å²) in [5.74, 6) is -4.48. The third kappa shape index (κ3) is 8.78. The first-order chi connectivity index (χ1) is 21.5. The van der Waals surface area contributed by atoms with Crippen LogP contribution in [0.5, 0.6) is 5.75 Å². The molecular formula is C26H37NO7. The van der Waals surface area contributed by atoms with Crippen LogP contribution in [0.4, 0.5) is 0 Å². The highest BCUT2D eigenvalue weighted by atomic mass is 16.4. The van der Waals surface area contributed by atoms with Crippen LogP contribution in [0.25, 0.3) is 0 Å².